The third-order valence-corrected chi connectivity index (χ3v) is 4.45. The van der Waals surface area contributed by atoms with E-state index in [9.17, 15) is 0 Å². The Hall–Kier alpha value is -1.95. The molecule has 1 atom stereocenters. The highest BCUT2D eigenvalue weighted by Gasteiger charge is 2.18. The molecule has 1 unspecified atom stereocenters. The highest BCUT2D eigenvalue weighted by Crippen LogP contribution is 2.14. The Balaban J connectivity index is 1.39. The second-order valence-electron chi connectivity index (χ2n) is 6.31. The lowest BCUT2D eigenvalue weighted by molar-refractivity contribution is -0.0253. The number of likely N-dealkylation sites (N-methyl/N-ethyl adjacent to an activating group) is 1. The minimum Gasteiger partial charge on any atom is -0.489 e. The number of hydrogen-bond acceptors (Lipinski definition) is 5. The molecule has 0 radical (unpaired) electrons. The molecule has 0 aliphatic carbocycles. The van der Waals surface area contributed by atoms with Gasteiger partial charge in [-0.15, -0.1) is 0 Å². The fourth-order valence-electron chi connectivity index (χ4n) is 2.92. The summed E-state index contributed by atoms with van der Waals surface area (Å²) in [5, 5.41) is 3.49. The van der Waals surface area contributed by atoms with Crippen LogP contribution < -0.4 is 10.1 Å². The molecule has 0 bridgehead atoms. The van der Waals surface area contributed by atoms with Crippen molar-refractivity contribution in [2.45, 2.75) is 26.2 Å². The molecule has 1 aliphatic heterocycles. The zero-order valence-corrected chi connectivity index (χ0v) is 14.9. The van der Waals surface area contributed by atoms with Gasteiger partial charge in [0.15, 0.2) is 0 Å². The maximum absolute atomic E-state index is 5.81. The summed E-state index contributed by atoms with van der Waals surface area (Å²) in [5.74, 6) is 0.884. The minimum absolute atomic E-state index is 0.289. The van der Waals surface area contributed by atoms with Gasteiger partial charge in [0.25, 0.3) is 0 Å². The summed E-state index contributed by atoms with van der Waals surface area (Å²) in [6, 6.07) is 12.2. The molecule has 1 fully saturated rings. The van der Waals surface area contributed by atoms with Gasteiger partial charge < -0.3 is 14.8 Å². The number of hydrogen-bond donors (Lipinski definition) is 1. The van der Waals surface area contributed by atoms with Crippen LogP contribution in [0, 0.1) is 0 Å². The van der Waals surface area contributed by atoms with Crippen molar-refractivity contribution >= 4 is 0 Å². The molecule has 0 saturated carbocycles. The summed E-state index contributed by atoms with van der Waals surface area (Å²) < 4.78 is 11.6. The zero-order chi connectivity index (χ0) is 17.3. The van der Waals surface area contributed by atoms with E-state index >= 15 is 0 Å². The molecule has 2 heterocycles. The molecule has 0 spiro atoms. The largest absolute Gasteiger partial charge is 0.489 e. The monoisotopic (exact) mass is 341 g/mol. The van der Waals surface area contributed by atoms with Crippen LogP contribution in [0.25, 0.3) is 0 Å². The molecule has 3 rings (SSSR count). The van der Waals surface area contributed by atoms with Crippen molar-refractivity contribution in [2.75, 3.05) is 32.8 Å². The number of morpholine rings is 1. The van der Waals surface area contributed by atoms with Crippen LogP contribution in [0.3, 0.4) is 0 Å². The topological polar surface area (TPSA) is 46.6 Å². The van der Waals surface area contributed by atoms with E-state index in [-0.39, 0.29) is 6.10 Å². The first-order valence-electron chi connectivity index (χ1n) is 8.99. The van der Waals surface area contributed by atoms with Gasteiger partial charge in [-0.2, -0.15) is 0 Å². The molecule has 134 valence electrons. The molecule has 1 aliphatic rings. The molecule has 0 amide bonds. The quantitative estimate of drug-likeness (QED) is 0.799. The summed E-state index contributed by atoms with van der Waals surface area (Å²) in [4.78, 5) is 6.44. The van der Waals surface area contributed by atoms with Gasteiger partial charge in [0, 0.05) is 38.6 Å². The number of nitrogens with one attached hydrogen (secondary N) is 1. The van der Waals surface area contributed by atoms with Crippen molar-refractivity contribution in [3.8, 4) is 5.75 Å². The maximum Gasteiger partial charge on any atom is 0.119 e. The number of ether oxygens (including phenoxy) is 2. The third-order valence-electron chi connectivity index (χ3n) is 4.45. The second-order valence-corrected chi connectivity index (χ2v) is 6.31. The molecular weight excluding hydrogens is 314 g/mol. The fourth-order valence-corrected chi connectivity index (χ4v) is 2.92. The first-order chi connectivity index (χ1) is 12.3. The van der Waals surface area contributed by atoms with E-state index in [0.29, 0.717) is 6.61 Å². The number of rotatable bonds is 8. The summed E-state index contributed by atoms with van der Waals surface area (Å²) in [6.45, 7) is 8.50. The Kier molecular flexibility index (Phi) is 6.79. The zero-order valence-electron chi connectivity index (χ0n) is 14.9. The Morgan fingerprint density at radius 1 is 1.16 bits per heavy atom. The average molecular weight is 341 g/mol. The van der Waals surface area contributed by atoms with E-state index in [1.54, 1.807) is 12.4 Å². The normalized spacial score (nSPS) is 18.2. The van der Waals surface area contributed by atoms with Crippen molar-refractivity contribution in [1.29, 1.82) is 0 Å². The number of aromatic nitrogens is 1. The van der Waals surface area contributed by atoms with Gasteiger partial charge in [-0.05, 0) is 41.9 Å². The molecule has 1 aromatic carbocycles. The number of nitrogens with zero attached hydrogens (tertiary/aromatic N) is 2. The predicted molar refractivity (Wildman–Crippen MR) is 98.6 cm³/mol. The Labute approximate surface area is 150 Å². The lowest BCUT2D eigenvalue weighted by Gasteiger charge is -2.32. The SMILES string of the molecule is CCN1CCOC(CNCc2ccc(OCc3ccncc3)cc2)C1. The van der Waals surface area contributed by atoms with Crippen molar-refractivity contribution < 1.29 is 9.47 Å². The maximum atomic E-state index is 5.81. The average Bonchev–Trinajstić information content (AvgIpc) is 2.68. The molecule has 5 nitrogen and oxygen atoms in total. The molecule has 5 heteroatoms. The molecular formula is C20H27N3O2. The summed E-state index contributed by atoms with van der Waals surface area (Å²) >= 11 is 0. The molecule has 1 saturated heterocycles. The molecule has 1 aromatic heterocycles. The summed E-state index contributed by atoms with van der Waals surface area (Å²) in [6.07, 6.45) is 3.85. The van der Waals surface area contributed by atoms with Crippen LogP contribution in [0.5, 0.6) is 5.75 Å². The van der Waals surface area contributed by atoms with Gasteiger partial charge in [0.05, 0.1) is 12.7 Å². The highest BCUT2D eigenvalue weighted by atomic mass is 16.5. The summed E-state index contributed by atoms with van der Waals surface area (Å²) in [7, 11) is 0. The molecule has 1 N–H and O–H groups in total. The van der Waals surface area contributed by atoms with E-state index in [2.05, 4.69) is 34.3 Å². The van der Waals surface area contributed by atoms with E-state index in [1.807, 2.05) is 24.3 Å². The molecule has 2 aromatic rings. The Morgan fingerprint density at radius 2 is 1.96 bits per heavy atom. The smallest absolute Gasteiger partial charge is 0.119 e. The third kappa shape index (κ3) is 5.81. The summed E-state index contributed by atoms with van der Waals surface area (Å²) in [5.41, 5.74) is 2.37. The van der Waals surface area contributed by atoms with Crippen molar-refractivity contribution in [1.82, 2.24) is 15.2 Å². The van der Waals surface area contributed by atoms with Crippen LogP contribution in [-0.4, -0.2) is 48.8 Å². The number of benzene rings is 1. The fraction of sp³-hybridized carbons (Fsp3) is 0.450. The van der Waals surface area contributed by atoms with Crippen LogP contribution in [0.4, 0.5) is 0 Å². The number of pyridine rings is 1. The Bertz CT molecular complexity index is 619. The standard InChI is InChI=1S/C20H27N3O2/c1-2-23-11-12-24-20(15-23)14-22-13-17-3-5-19(6-4-17)25-16-18-7-9-21-10-8-18/h3-10,20,22H,2,11-16H2,1H3. The first-order valence-corrected chi connectivity index (χ1v) is 8.99. The van der Waals surface area contributed by atoms with Crippen LogP contribution in [0.15, 0.2) is 48.8 Å². The van der Waals surface area contributed by atoms with E-state index < -0.39 is 0 Å². The van der Waals surface area contributed by atoms with Crippen LogP contribution >= 0.6 is 0 Å². The van der Waals surface area contributed by atoms with Crippen molar-refractivity contribution in [2.24, 2.45) is 0 Å². The van der Waals surface area contributed by atoms with Gasteiger partial charge in [0.1, 0.15) is 12.4 Å². The lowest BCUT2D eigenvalue weighted by Crippen LogP contribution is -2.46. The van der Waals surface area contributed by atoms with Gasteiger partial charge in [0.2, 0.25) is 0 Å². The first kappa shape index (κ1) is 17.9. The van der Waals surface area contributed by atoms with Crippen LogP contribution in [0.2, 0.25) is 0 Å². The predicted octanol–water partition coefficient (Wildman–Crippen LogP) is 2.47. The van der Waals surface area contributed by atoms with Gasteiger partial charge in [-0.25, -0.2) is 0 Å². The molecule has 25 heavy (non-hydrogen) atoms. The van der Waals surface area contributed by atoms with Gasteiger partial charge in [-0.3, -0.25) is 9.88 Å². The van der Waals surface area contributed by atoms with Crippen molar-refractivity contribution in [3.63, 3.8) is 0 Å². The second kappa shape index (κ2) is 9.51. The lowest BCUT2D eigenvalue weighted by atomic mass is 10.2. The van der Waals surface area contributed by atoms with E-state index in [4.69, 9.17) is 9.47 Å². The van der Waals surface area contributed by atoms with Crippen molar-refractivity contribution in [3.05, 3.63) is 59.9 Å². The Morgan fingerprint density at radius 3 is 2.72 bits per heavy atom. The highest BCUT2D eigenvalue weighted by molar-refractivity contribution is 5.27. The van der Waals surface area contributed by atoms with E-state index in [0.717, 1.165) is 50.6 Å². The van der Waals surface area contributed by atoms with Crippen LogP contribution in [0.1, 0.15) is 18.1 Å². The van der Waals surface area contributed by atoms with Gasteiger partial charge in [-0.1, -0.05) is 19.1 Å². The van der Waals surface area contributed by atoms with Gasteiger partial charge >= 0.3 is 0 Å². The van der Waals surface area contributed by atoms with E-state index in [1.165, 1.54) is 5.56 Å². The van der Waals surface area contributed by atoms with Crippen LogP contribution in [-0.2, 0) is 17.9 Å². The minimum atomic E-state index is 0.289.